The van der Waals surface area contributed by atoms with E-state index in [2.05, 4.69) is 53.8 Å². The second-order valence-corrected chi connectivity index (χ2v) is 5.59. The molecule has 100 valence electrons. The molecule has 0 saturated carbocycles. The third kappa shape index (κ3) is 2.50. The Hall–Kier alpha value is -1.40. The monoisotopic (exact) mass is 321 g/mol. The molecule has 0 fully saturated rings. The second kappa shape index (κ2) is 5.30. The molecule has 19 heavy (non-hydrogen) atoms. The van der Waals surface area contributed by atoms with Crippen LogP contribution in [-0.2, 0) is 19.5 Å². The minimum absolute atomic E-state index is 0.660. The van der Waals surface area contributed by atoms with Crippen LogP contribution in [0.4, 0.5) is 5.69 Å². The molecule has 2 heterocycles. The molecule has 0 radical (unpaired) electrons. The Morgan fingerprint density at radius 2 is 2.21 bits per heavy atom. The highest BCUT2D eigenvalue weighted by Gasteiger charge is 2.19. The minimum Gasteiger partial charge on any atom is -0.362 e. The smallest absolute Gasteiger partial charge is 0.152 e. The number of halogens is 1. The lowest BCUT2D eigenvalue weighted by Gasteiger charge is -2.30. The van der Waals surface area contributed by atoms with Crippen LogP contribution in [0.15, 0.2) is 29.0 Å². The first-order valence-electron chi connectivity index (χ1n) is 6.38. The highest BCUT2D eigenvalue weighted by molar-refractivity contribution is 9.10. The molecule has 0 spiro atoms. The molecule has 1 aromatic carbocycles. The van der Waals surface area contributed by atoms with Crippen LogP contribution >= 0.6 is 15.9 Å². The molecule has 3 rings (SSSR count). The van der Waals surface area contributed by atoms with E-state index in [-0.39, 0.29) is 0 Å². The number of anilines is 1. The van der Waals surface area contributed by atoms with Gasteiger partial charge in [0.25, 0.3) is 0 Å². The van der Waals surface area contributed by atoms with Crippen molar-refractivity contribution < 1.29 is 0 Å². The molecule has 1 aliphatic rings. The molecular formula is C13H16BrN5. The van der Waals surface area contributed by atoms with E-state index in [1.54, 1.807) is 6.33 Å². The second-order valence-electron chi connectivity index (χ2n) is 4.67. The van der Waals surface area contributed by atoms with Crippen LogP contribution in [0.2, 0.25) is 0 Å². The van der Waals surface area contributed by atoms with Gasteiger partial charge in [-0.25, -0.2) is 0 Å². The van der Waals surface area contributed by atoms with E-state index in [0.717, 1.165) is 36.4 Å². The predicted molar refractivity (Wildman–Crippen MR) is 78.0 cm³/mol. The standard InChI is InChI=1S/C13H16BrN5/c14-11-1-2-12(10(7-11)3-4-15)18-5-6-19-9-16-17-13(19)8-18/h1-2,7,9H,3-6,8,15H2. The van der Waals surface area contributed by atoms with E-state index in [4.69, 9.17) is 5.73 Å². The number of benzene rings is 1. The molecular weight excluding hydrogens is 306 g/mol. The fourth-order valence-corrected chi connectivity index (χ4v) is 2.90. The number of aromatic nitrogens is 3. The Morgan fingerprint density at radius 1 is 1.32 bits per heavy atom. The lowest BCUT2D eigenvalue weighted by molar-refractivity contribution is 0.558. The van der Waals surface area contributed by atoms with Crippen LogP contribution in [0.3, 0.4) is 0 Å². The predicted octanol–water partition coefficient (Wildman–Crippen LogP) is 1.56. The summed E-state index contributed by atoms with van der Waals surface area (Å²) in [7, 11) is 0. The van der Waals surface area contributed by atoms with Gasteiger partial charge in [-0.2, -0.15) is 0 Å². The molecule has 6 heteroatoms. The molecule has 0 aliphatic carbocycles. The van der Waals surface area contributed by atoms with E-state index >= 15 is 0 Å². The summed E-state index contributed by atoms with van der Waals surface area (Å²) in [6.07, 6.45) is 2.69. The number of nitrogens with zero attached hydrogens (tertiary/aromatic N) is 4. The maximum atomic E-state index is 5.71. The zero-order valence-electron chi connectivity index (χ0n) is 10.6. The van der Waals surface area contributed by atoms with Crippen molar-refractivity contribution in [2.24, 2.45) is 5.73 Å². The van der Waals surface area contributed by atoms with Crippen molar-refractivity contribution in [1.29, 1.82) is 0 Å². The molecule has 0 unspecified atom stereocenters. The van der Waals surface area contributed by atoms with Crippen molar-refractivity contribution in [2.75, 3.05) is 18.0 Å². The van der Waals surface area contributed by atoms with Crippen molar-refractivity contribution in [2.45, 2.75) is 19.5 Å². The van der Waals surface area contributed by atoms with Gasteiger partial charge in [-0.1, -0.05) is 15.9 Å². The van der Waals surface area contributed by atoms with Gasteiger partial charge in [-0.15, -0.1) is 10.2 Å². The van der Waals surface area contributed by atoms with Crippen LogP contribution in [0.1, 0.15) is 11.4 Å². The van der Waals surface area contributed by atoms with Gasteiger partial charge in [0.15, 0.2) is 5.82 Å². The number of fused-ring (bicyclic) bond motifs is 1. The lowest BCUT2D eigenvalue weighted by Crippen LogP contribution is -2.34. The zero-order chi connectivity index (χ0) is 13.2. The molecule has 0 atom stereocenters. The summed E-state index contributed by atoms with van der Waals surface area (Å²) in [4.78, 5) is 2.35. The molecule has 2 N–H and O–H groups in total. The summed E-state index contributed by atoms with van der Waals surface area (Å²) in [5.74, 6) is 1.02. The summed E-state index contributed by atoms with van der Waals surface area (Å²) >= 11 is 3.52. The van der Waals surface area contributed by atoms with E-state index in [0.29, 0.717) is 6.54 Å². The van der Waals surface area contributed by atoms with Crippen LogP contribution in [0.5, 0.6) is 0 Å². The Bertz CT molecular complexity index is 580. The average molecular weight is 322 g/mol. The SMILES string of the molecule is NCCc1cc(Br)ccc1N1CCn2cnnc2C1. The third-order valence-electron chi connectivity index (χ3n) is 3.43. The van der Waals surface area contributed by atoms with Gasteiger partial charge in [0.05, 0.1) is 6.54 Å². The van der Waals surface area contributed by atoms with E-state index < -0.39 is 0 Å². The average Bonchev–Trinajstić information content (AvgIpc) is 2.86. The summed E-state index contributed by atoms with van der Waals surface area (Å²) in [5.41, 5.74) is 8.24. The van der Waals surface area contributed by atoms with Crippen molar-refractivity contribution >= 4 is 21.6 Å². The zero-order valence-corrected chi connectivity index (χ0v) is 12.2. The van der Waals surface area contributed by atoms with Crippen molar-refractivity contribution in [3.8, 4) is 0 Å². The van der Waals surface area contributed by atoms with Crippen molar-refractivity contribution in [3.05, 3.63) is 40.4 Å². The normalized spacial score (nSPS) is 14.5. The van der Waals surface area contributed by atoms with E-state index in [1.807, 2.05) is 0 Å². The first-order chi connectivity index (χ1) is 9.28. The van der Waals surface area contributed by atoms with Crippen LogP contribution in [0, 0.1) is 0 Å². The van der Waals surface area contributed by atoms with Crippen molar-refractivity contribution in [1.82, 2.24) is 14.8 Å². The molecule has 5 nitrogen and oxygen atoms in total. The Labute approximate surface area is 120 Å². The summed E-state index contributed by atoms with van der Waals surface area (Å²) in [6.45, 7) is 3.37. The lowest BCUT2D eigenvalue weighted by atomic mass is 10.1. The maximum absolute atomic E-state index is 5.71. The van der Waals surface area contributed by atoms with Gasteiger partial charge in [0.2, 0.25) is 0 Å². The number of hydrogen-bond acceptors (Lipinski definition) is 4. The van der Waals surface area contributed by atoms with Crippen LogP contribution in [-0.4, -0.2) is 27.9 Å². The highest BCUT2D eigenvalue weighted by Crippen LogP contribution is 2.27. The molecule has 2 aromatic rings. The fourth-order valence-electron chi connectivity index (χ4n) is 2.49. The molecule has 0 saturated heterocycles. The Morgan fingerprint density at radius 3 is 3.05 bits per heavy atom. The fraction of sp³-hybridized carbons (Fsp3) is 0.385. The Balaban J connectivity index is 1.90. The van der Waals surface area contributed by atoms with E-state index in [1.165, 1.54) is 11.3 Å². The van der Waals surface area contributed by atoms with Crippen LogP contribution < -0.4 is 10.6 Å². The molecule has 0 amide bonds. The van der Waals surface area contributed by atoms with Gasteiger partial charge in [0.1, 0.15) is 6.33 Å². The van der Waals surface area contributed by atoms with Gasteiger partial charge in [-0.3, -0.25) is 0 Å². The first kappa shape index (κ1) is 12.6. The van der Waals surface area contributed by atoms with Gasteiger partial charge < -0.3 is 15.2 Å². The minimum atomic E-state index is 0.660. The topological polar surface area (TPSA) is 60.0 Å². The van der Waals surface area contributed by atoms with Gasteiger partial charge in [0, 0.05) is 23.2 Å². The maximum Gasteiger partial charge on any atom is 0.152 e. The van der Waals surface area contributed by atoms with E-state index in [9.17, 15) is 0 Å². The largest absolute Gasteiger partial charge is 0.362 e. The van der Waals surface area contributed by atoms with Crippen LogP contribution in [0.25, 0.3) is 0 Å². The quantitative estimate of drug-likeness (QED) is 0.932. The van der Waals surface area contributed by atoms with Gasteiger partial charge in [-0.05, 0) is 36.7 Å². The summed E-state index contributed by atoms with van der Waals surface area (Å²) in [5, 5.41) is 8.13. The summed E-state index contributed by atoms with van der Waals surface area (Å²) in [6, 6.07) is 6.39. The highest BCUT2D eigenvalue weighted by atomic mass is 79.9. The summed E-state index contributed by atoms with van der Waals surface area (Å²) < 4.78 is 3.21. The van der Waals surface area contributed by atoms with Gasteiger partial charge >= 0.3 is 0 Å². The number of hydrogen-bond donors (Lipinski definition) is 1. The molecule has 0 bridgehead atoms. The molecule has 1 aliphatic heterocycles. The number of nitrogens with two attached hydrogens (primary N) is 1. The first-order valence-corrected chi connectivity index (χ1v) is 7.17. The number of rotatable bonds is 3. The Kier molecular flexibility index (Phi) is 3.52. The third-order valence-corrected chi connectivity index (χ3v) is 3.93. The molecule has 1 aromatic heterocycles. The van der Waals surface area contributed by atoms with Crippen molar-refractivity contribution in [3.63, 3.8) is 0 Å².